The Hall–Kier alpha value is -0.680. The molecule has 0 amide bonds. The maximum Gasteiger partial charge on any atom is 0.350 e. The van der Waals surface area contributed by atoms with Gasteiger partial charge in [-0.2, -0.15) is 0 Å². The van der Waals surface area contributed by atoms with Gasteiger partial charge in [-0.15, -0.1) is 23.1 Å². The second-order valence-corrected chi connectivity index (χ2v) is 6.53. The molecule has 94 valence electrons. The van der Waals surface area contributed by atoms with Crippen LogP contribution in [-0.4, -0.2) is 18.3 Å². The largest absolute Gasteiger partial charge is 0.462 e. The highest BCUT2D eigenvalue weighted by molar-refractivity contribution is 8.01. The lowest BCUT2D eigenvalue weighted by molar-refractivity contribution is 0.0533. The molecule has 1 heterocycles. The van der Waals surface area contributed by atoms with Crippen LogP contribution >= 0.6 is 23.1 Å². The van der Waals surface area contributed by atoms with Gasteiger partial charge in [-0.1, -0.05) is 6.92 Å². The number of anilines is 1. The smallest absolute Gasteiger partial charge is 0.350 e. The molecule has 17 heavy (non-hydrogen) atoms. The second kappa shape index (κ2) is 5.31. The van der Waals surface area contributed by atoms with Crippen molar-refractivity contribution in [1.82, 2.24) is 0 Å². The number of hydrogen-bond acceptors (Lipinski definition) is 5. The number of hydrogen-bond donors (Lipinski definition) is 1. The molecule has 0 radical (unpaired) electrons. The van der Waals surface area contributed by atoms with Gasteiger partial charge in [-0.25, -0.2) is 4.79 Å². The Bertz CT molecular complexity index is 424. The van der Waals surface area contributed by atoms with Crippen LogP contribution in [0.1, 0.15) is 47.8 Å². The zero-order chi connectivity index (χ0) is 12.4. The Morgan fingerprint density at radius 3 is 2.76 bits per heavy atom. The van der Waals surface area contributed by atoms with Crippen molar-refractivity contribution in [3.05, 3.63) is 10.4 Å². The van der Waals surface area contributed by atoms with E-state index in [1.165, 1.54) is 34.0 Å². The van der Waals surface area contributed by atoms with E-state index in [4.69, 9.17) is 10.5 Å². The van der Waals surface area contributed by atoms with Crippen LogP contribution < -0.4 is 5.73 Å². The van der Waals surface area contributed by atoms with Gasteiger partial charge < -0.3 is 10.5 Å². The summed E-state index contributed by atoms with van der Waals surface area (Å²) < 4.78 is 6.24. The van der Waals surface area contributed by atoms with Crippen LogP contribution in [0.3, 0.4) is 0 Å². The van der Waals surface area contributed by atoms with Gasteiger partial charge in [-0.05, 0) is 31.4 Å². The van der Waals surface area contributed by atoms with Gasteiger partial charge in [0.05, 0.1) is 16.5 Å². The molecule has 0 aliphatic heterocycles. The zero-order valence-corrected chi connectivity index (χ0v) is 11.7. The Balaban J connectivity index is 2.33. The van der Waals surface area contributed by atoms with E-state index in [1.54, 1.807) is 11.8 Å². The Morgan fingerprint density at radius 1 is 1.53 bits per heavy atom. The molecular weight excluding hydrogens is 254 g/mol. The van der Waals surface area contributed by atoms with Crippen LogP contribution in [0.2, 0.25) is 0 Å². The lowest BCUT2D eigenvalue weighted by Gasteiger charge is -2.02. The Morgan fingerprint density at radius 2 is 2.24 bits per heavy atom. The lowest BCUT2D eigenvalue weighted by Crippen LogP contribution is -2.05. The fourth-order valence-electron chi connectivity index (χ4n) is 1.78. The van der Waals surface area contributed by atoms with Crippen molar-refractivity contribution in [2.75, 3.05) is 18.1 Å². The van der Waals surface area contributed by atoms with Gasteiger partial charge in [-0.3, -0.25) is 0 Å². The van der Waals surface area contributed by atoms with E-state index in [9.17, 15) is 4.79 Å². The number of nitrogens with two attached hydrogens (primary N) is 1. The average Bonchev–Trinajstić information content (AvgIpc) is 3.06. The van der Waals surface area contributed by atoms with E-state index in [1.807, 2.05) is 6.92 Å². The first kappa shape index (κ1) is 12.8. The van der Waals surface area contributed by atoms with E-state index in [-0.39, 0.29) is 5.97 Å². The Labute approximate surface area is 110 Å². The number of rotatable bonds is 5. The lowest BCUT2D eigenvalue weighted by atomic mass is 10.2. The number of thiophene rings is 1. The van der Waals surface area contributed by atoms with Crippen molar-refractivity contribution in [1.29, 1.82) is 0 Å². The number of carbonyl (C=O) groups excluding carboxylic acids is 1. The quantitative estimate of drug-likeness (QED) is 0.658. The number of esters is 1. The van der Waals surface area contributed by atoms with Gasteiger partial charge in [0.1, 0.15) is 4.88 Å². The summed E-state index contributed by atoms with van der Waals surface area (Å²) in [5, 5.41) is 0. The number of thioether (sulfide) groups is 1. The third kappa shape index (κ3) is 2.60. The summed E-state index contributed by atoms with van der Waals surface area (Å²) >= 11 is 3.26. The molecule has 1 saturated carbocycles. The molecule has 2 rings (SSSR count). The number of carbonyl (C=O) groups is 1. The van der Waals surface area contributed by atoms with E-state index < -0.39 is 0 Å². The minimum absolute atomic E-state index is 0.278. The average molecular weight is 271 g/mol. The molecule has 0 unspecified atom stereocenters. The van der Waals surface area contributed by atoms with Crippen LogP contribution in [0.15, 0.2) is 4.21 Å². The van der Waals surface area contributed by atoms with Crippen LogP contribution in [0.5, 0.6) is 0 Å². The van der Waals surface area contributed by atoms with Gasteiger partial charge in [0.2, 0.25) is 0 Å². The maximum absolute atomic E-state index is 11.8. The molecule has 3 nitrogen and oxygen atoms in total. The predicted molar refractivity (Wildman–Crippen MR) is 73.1 cm³/mol. The molecule has 2 N–H and O–H groups in total. The summed E-state index contributed by atoms with van der Waals surface area (Å²) in [5.74, 6) is 1.30. The number of ether oxygens (including phenoxy) is 1. The van der Waals surface area contributed by atoms with Gasteiger partial charge in [0.15, 0.2) is 0 Å². The van der Waals surface area contributed by atoms with Gasteiger partial charge >= 0.3 is 5.97 Å². The van der Waals surface area contributed by atoms with E-state index in [2.05, 4.69) is 6.92 Å². The number of nitrogen functional groups attached to an aromatic ring is 1. The summed E-state index contributed by atoms with van der Waals surface area (Å²) in [6.07, 6.45) is 2.39. The summed E-state index contributed by atoms with van der Waals surface area (Å²) in [6.45, 7) is 4.32. The summed E-state index contributed by atoms with van der Waals surface area (Å²) in [4.78, 5) is 12.4. The molecule has 1 aromatic rings. The molecule has 0 atom stereocenters. The fourth-order valence-corrected chi connectivity index (χ4v) is 4.25. The molecule has 5 heteroatoms. The van der Waals surface area contributed by atoms with Crippen molar-refractivity contribution >= 4 is 34.8 Å². The highest BCUT2D eigenvalue weighted by atomic mass is 32.2. The van der Waals surface area contributed by atoms with E-state index in [0.29, 0.717) is 23.1 Å². The van der Waals surface area contributed by atoms with Crippen molar-refractivity contribution in [2.24, 2.45) is 0 Å². The van der Waals surface area contributed by atoms with Crippen LogP contribution in [0.4, 0.5) is 5.69 Å². The predicted octanol–water partition coefficient (Wildman–Crippen LogP) is 3.50. The second-order valence-electron chi connectivity index (χ2n) is 3.97. The molecule has 0 saturated heterocycles. The highest BCUT2D eigenvalue weighted by Gasteiger charge is 2.33. The molecule has 0 spiro atoms. The topological polar surface area (TPSA) is 52.3 Å². The van der Waals surface area contributed by atoms with Crippen molar-refractivity contribution in [3.63, 3.8) is 0 Å². The van der Waals surface area contributed by atoms with E-state index >= 15 is 0 Å². The standard InChI is InChI=1S/C12H17NO2S2/c1-3-15-11(14)10-9(13)8(7-5-6-7)12(17-10)16-4-2/h7H,3-6,13H2,1-2H3. The minimum atomic E-state index is -0.278. The molecule has 1 aliphatic carbocycles. The zero-order valence-electron chi connectivity index (χ0n) is 10.1. The summed E-state index contributed by atoms with van der Waals surface area (Å²) in [7, 11) is 0. The normalized spacial score (nSPS) is 14.9. The third-order valence-corrected chi connectivity index (χ3v) is 5.04. The first-order valence-electron chi connectivity index (χ1n) is 5.91. The van der Waals surface area contributed by atoms with E-state index in [0.717, 1.165) is 5.75 Å². The fraction of sp³-hybridized carbons (Fsp3) is 0.583. The molecule has 1 fully saturated rings. The van der Waals surface area contributed by atoms with Crippen molar-refractivity contribution in [3.8, 4) is 0 Å². The first-order valence-corrected chi connectivity index (χ1v) is 7.71. The SMILES string of the molecule is CCOC(=O)c1sc(SCC)c(C2CC2)c1N. The molecule has 1 aliphatic rings. The molecule has 0 bridgehead atoms. The molecule has 0 aromatic carbocycles. The van der Waals surface area contributed by atoms with Crippen LogP contribution in [0.25, 0.3) is 0 Å². The maximum atomic E-state index is 11.8. The summed E-state index contributed by atoms with van der Waals surface area (Å²) in [5.41, 5.74) is 7.96. The first-order chi connectivity index (χ1) is 8.19. The Kier molecular flexibility index (Phi) is 3.99. The van der Waals surface area contributed by atoms with Crippen molar-refractivity contribution in [2.45, 2.75) is 36.8 Å². The third-order valence-electron chi connectivity index (χ3n) is 2.67. The molecule has 1 aromatic heterocycles. The monoisotopic (exact) mass is 271 g/mol. The minimum Gasteiger partial charge on any atom is -0.462 e. The summed E-state index contributed by atoms with van der Waals surface area (Å²) in [6, 6.07) is 0. The van der Waals surface area contributed by atoms with Gasteiger partial charge in [0.25, 0.3) is 0 Å². The van der Waals surface area contributed by atoms with Crippen molar-refractivity contribution < 1.29 is 9.53 Å². The van der Waals surface area contributed by atoms with Crippen LogP contribution in [-0.2, 0) is 4.74 Å². The van der Waals surface area contributed by atoms with Crippen LogP contribution in [0, 0.1) is 0 Å². The van der Waals surface area contributed by atoms with Gasteiger partial charge in [0, 0.05) is 5.56 Å². The highest BCUT2D eigenvalue weighted by Crippen LogP contribution is 2.51. The molecular formula is C12H17NO2S2.